The highest BCUT2D eigenvalue weighted by Gasteiger charge is 2.36. The lowest BCUT2D eigenvalue weighted by Gasteiger charge is -2.27. The molecule has 8 heteroatoms. The van der Waals surface area contributed by atoms with Gasteiger partial charge in [0.25, 0.3) is 5.91 Å². The van der Waals surface area contributed by atoms with Crippen LogP contribution in [0.15, 0.2) is 41.8 Å². The van der Waals surface area contributed by atoms with E-state index < -0.39 is 6.04 Å². The average molecular weight is 406 g/mol. The first kappa shape index (κ1) is 19.4. The molecule has 1 aromatic heterocycles. The average Bonchev–Trinajstić information content (AvgIpc) is 3.34. The molecule has 3 amide bonds. The Hall–Kier alpha value is -2.38. The van der Waals surface area contributed by atoms with Crippen LogP contribution in [0.4, 0.5) is 5.69 Å². The number of carbonyl (C=O) groups is 3. The van der Waals surface area contributed by atoms with Gasteiger partial charge in [0.1, 0.15) is 6.04 Å². The van der Waals surface area contributed by atoms with Crippen LogP contribution in [-0.2, 0) is 9.59 Å². The number of anilines is 1. The number of hydrogen-bond donors (Lipinski definition) is 1. The van der Waals surface area contributed by atoms with Crippen molar-refractivity contribution >= 4 is 46.3 Å². The van der Waals surface area contributed by atoms with E-state index in [4.69, 9.17) is 11.6 Å². The van der Waals surface area contributed by atoms with Crippen LogP contribution < -0.4 is 5.32 Å². The molecule has 1 atom stereocenters. The third-order valence-corrected chi connectivity index (χ3v) is 5.62. The zero-order valence-corrected chi connectivity index (χ0v) is 16.4. The topological polar surface area (TPSA) is 69.7 Å². The van der Waals surface area contributed by atoms with Gasteiger partial charge >= 0.3 is 0 Å². The van der Waals surface area contributed by atoms with E-state index in [1.54, 1.807) is 42.3 Å². The lowest BCUT2D eigenvalue weighted by atomic mass is 10.2. The number of likely N-dealkylation sites (N-methyl/N-ethyl adjacent to an activating group) is 1. The SMILES string of the molecule is CN(CC(=O)Nc1ccccc1Cl)C(=O)[C@@H]1CCCN1C(=O)c1cccs1. The summed E-state index contributed by atoms with van der Waals surface area (Å²) in [5, 5.41) is 4.97. The Kier molecular flexibility index (Phi) is 6.13. The maximum absolute atomic E-state index is 12.8. The second-order valence-electron chi connectivity index (χ2n) is 6.36. The second kappa shape index (κ2) is 8.54. The minimum Gasteiger partial charge on any atom is -0.335 e. The van der Waals surface area contributed by atoms with Gasteiger partial charge in [-0.2, -0.15) is 0 Å². The van der Waals surface area contributed by atoms with Crippen LogP contribution in [0.25, 0.3) is 0 Å². The number of likely N-dealkylation sites (tertiary alicyclic amines) is 1. The monoisotopic (exact) mass is 405 g/mol. The molecule has 1 aliphatic heterocycles. The van der Waals surface area contributed by atoms with E-state index in [9.17, 15) is 14.4 Å². The van der Waals surface area contributed by atoms with Crippen molar-refractivity contribution in [3.05, 3.63) is 51.7 Å². The Morgan fingerprint density at radius 3 is 2.74 bits per heavy atom. The van der Waals surface area contributed by atoms with Crippen LogP contribution in [0.1, 0.15) is 22.5 Å². The zero-order valence-electron chi connectivity index (χ0n) is 14.9. The zero-order chi connectivity index (χ0) is 19.4. The third-order valence-electron chi connectivity index (χ3n) is 4.44. The van der Waals surface area contributed by atoms with E-state index in [1.807, 2.05) is 11.4 Å². The molecule has 6 nitrogen and oxygen atoms in total. The van der Waals surface area contributed by atoms with Crippen molar-refractivity contribution in [1.29, 1.82) is 0 Å². The fourth-order valence-corrected chi connectivity index (χ4v) is 3.97. The summed E-state index contributed by atoms with van der Waals surface area (Å²) >= 11 is 7.40. The molecule has 0 unspecified atom stereocenters. The predicted molar refractivity (Wildman–Crippen MR) is 106 cm³/mol. The van der Waals surface area contributed by atoms with Gasteiger partial charge in [0, 0.05) is 13.6 Å². The Morgan fingerprint density at radius 2 is 2.04 bits per heavy atom. The van der Waals surface area contributed by atoms with E-state index >= 15 is 0 Å². The molecule has 1 N–H and O–H groups in total. The highest BCUT2D eigenvalue weighted by molar-refractivity contribution is 7.12. The largest absolute Gasteiger partial charge is 0.335 e. The number of benzene rings is 1. The molecule has 0 spiro atoms. The van der Waals surface area contributed by atoms with Gasteiger partial charge in [-0.1, -0.05) is 29.8 Å². The summed E-state index contributed by atoms with van der Waals surface area (Å²) in [6.45, 7) is 0.439. The van der Waals surface area contributed by atoms with Gasteiger partial charge in [-0.25, -0.2) is 0 Å². The molecule has 2 heterocycles. The molecule has 142 valence electrons. The number of para-hydroxylation sites is 1. The first-order valence-corrected chi connectivity index (χ1v) is 9.87. The number of carbonyl (C=O) groups excluding carboxylic acids is 3. The van der Waals surface area contributed by atoms with E-state index in [0.717, 1.165) is 6.42 Å². The molecule has 1 fully saturated rings. The number of nitrogens with zero attached hydrogens (tertiary/aromatic N) is 2. The first-order valence-electron chi connectivity index (χ1n) is 8.61. The van der Waals surface area contributed by atoms with Crippen LogP contribution in [-0.4, -0.2) is 53.7 Å². The smallest absolute Gasteiger partial charge is 0.264 e. The van der Waals surface area contributed by atoms with E-state index in [1.165, 1.54) is 16.2 Å². The van der Waals surface area contributed by atoms with Crippen LogP contribution in [0.3, 0.4) is 0 Å². The third kappa shape index (κ3) is 4.48. The lowest BCUT2D eigenvalue weighted by molar-refractivity contribution is -0.136. The van der Waals surface area contributed by atoms with Gasteiger partial charge in [-0.05, 0) is 36.4 Å². The van der Waals surface area contributed by atoms with Crippen molar-refractivity contribution in [2.24, 2.45) is 0 Å². The number of rotatable bonds is 5. The first-order chi connectivity index (χ1) is 13.0. The van der Waals surface area contributed by atoms with Crippen molar-refractivity contribution in [3.63, 3.8) is 0 Å². The van der Waals surface area contributed by atoms with Gasteiger partial charge < -0.3 is 15.1 Å². The summed E-state index contributed by atoms with van der Waals surface area (Å²) in [5.74, 6) is -0.699. The number of halogens is 1. The molecule has 2 aromatic rings. The molecule has 1 aliphatic rings. The number of thiophene rings is 1. The summed E-state index contributed by atoms with van der Waals surface area (Å²) in [6.07, 6.45) is 1.37. The molecule has 27 heavy (non-hydrogen) atoms. The van der Waals surface area contributed by atoms with Crippen LogP contribution in [0.5, 0.6) is 0 Å². The van der Waals surface area contributed by atoms with Crippen molar-refractivity contribution < 1.29 is 14.4 Å². The lowest BCUT2D eigenvalue weighted by Crippen LogP contribution is -2.48. The Morgan fingerprint density at radius 1 is 1.26 bits per heavy atom. The van der Waals surface area contributed by atoms with Crippen LogP contribution in [0, 0.1) is 0 Å². The fourth-order valence-electron chi connectivity index (χ4n) is 3.11. The molecule has 0 bridgehead atoms. The van der Waals surface area contributed by atoms with E-state index in [0.29, 0.717) is 28.6 Å². The molecule has 0 aliphatic carbocycles. The van der Waals surface area contributed by atoms with Crippen LogP contribution in [0.2, 0.25) is 5.02 Å². The molecule has 1 aromatic carbocycles. The molecular weight excluding hydrogens is 386 g/mol. The molecule has 0 radical (unpaired) electrons. The molecule has 0 saturated carbocycles. The van der Waals surface area contributed by atoms with E-state index in [-0.39, 0.29) is 24.3 Å². The molecular formula is C19H20ClN3O3S. The minimum absolute atomic E-state index is 0.110. The van der Waals surface area contributed by atoms with Gasteiger partial charge in [0.15, 0.2) is 0 Å². The minimum atomic E-state index is -0.530. The maximum Gasteiger partial charge on any atom is 0.264 e. The van der Waals surface area contributed by atoms with Crippen molar-refractivity contribution in [2.75, 3.05) is 25.5 Å². The van der Waals surface area contributed by atoms with Crippen molar-refractivity contribution in [2.45, 2.75) is 18.9 Å². The van der Waals surface area contributed by atoms with Gasteiger partial charge in [-0.15, -0.1) is 11.3 Å². The van der Waals surface area contributed by atoms with Crippen molar-refractivity contribution in [1.82, 2.24) is 9.80 Å². The predicted octanol–water partition coefficient (Wildman–Crippen LogP) is 3.10. The van der Waals surface area contributed by atoms with Gasteiger partial charge in [0.05, 0.1) is 22.1 Å². The summed E-state index contributed by atoms with van der Waals surface area (Å²) in [6, 6.07) is 9.95. The summed E-state index contributed by atoms with van der Waals surface area (Å²) < 4.78 is 0. The van der Waals surface area contributed by atoms with Crippen LogP contribution >= 0.6 is 22.9 Å². The quantitative estimate of drug-likeness (QED) is 0.830. The van der Waals surface area contributed by atoms with Gasteiger partial charge in [0.2, 0.25) is 11.8 Å². The number of nitrogens with one attached hydrogen (secondary N) is 1. The number of amides is 3. The highest BCUT2D eigenvalue weighted by Crippen LogP contribution is 2.24. The Labute approximate surface area is 166 Å². The summed E-state index contributed by atoms with van der Waals surface area (Å²) in [5.41, 5.74) is 0.500. The normalized spacial score (nSPS) is 16.2. The number of hydrogen-bond acceptors (Lipinski definition) is 4. The second-order valence-corrected chi connectivity index (χ2v) is 7.71. The summed E-state index contributed by atoms with van der Waals surface area (Å²) in [7, 11) is 1.57. The Balaban J connectivity index is 1.61. The molecule has 3 rings (SSSR count). The standard InChI is InChI=1S/C19H20ClN3O3S/c1-22(12-17(24)21-14-7-3-2-6-13(14)20)18(25)15-8-4-10-23(15)19(26)16-9-5-11-27-16/h2-3,5-7,9,11,15H,4,8,10,12H2,1H3,(H,21,24)/t15-/m0/s1. The summed E-state index contributed by atoms with van der Waals surface area (Å²) in [4.78, 5) is 41.3. The van der Waals surface area contributed by atoms with E-state index in [2.05, 4.69) is 5.32 Å². The Bertz CT molecular complexity index is 840. The maximum atomic E-state index is 12.8. The van der Waals surface area contributed by atoms with Gasteiger partial charge in [-0.3, -0.25) is 14.4 Å². The molecule has 1 saturated heterocycles. The fraction of sp³-hybridized carbons (Fsp3) is 0.316. The van der Waals surface area contributed by atoms with Crippen molar-refractivity contribution in [3.8, 4) is 0 Å². The highest BCUT2D eigenvalue weighted by atomic mass is 35.5.